The van der Waals surface area contributed by atoms with Gasteiger partial charge in [0.05, 0.1) is 5.60 Å². The largest absolute Gasteiger partial charge is 0.479 e. The number of rotatable bonds is 3. The molecule has 15 heavy (non-hydrogen) atoms. The molecular weight excluding hydrogens is 192 g/mol. The van der Waals surface area contributed by atoms with Gasteiger partial charge in [-0.2, -0.15) is 0 Å². The molecule has 1 N–H and O–H groups in total. The summed E-state index contributed by atoms with van der Waals surface area (Å²) in [6, 6.07) is 0. The number of ether oxygens (including phenoxy) is 1. The lowest BCUT2D eigenvalue weighted by molar-refractivity contribution is -0.181. The number of aliphatic carboxylic acids is 1. The van der Waals surface area contributed by atoms with Gasteiger partial charge in [0, 0.05) is 0 Å². The molecule has 3 nitrogen and oxygen atoms in total. The third kappa shape index (κ3) is 1.89. The van der Waals surface area contributed by atoms with E-state index in [1.54, 1.807) is 0 Å². The standard InChI is InChI=1S/C12H20O3/c1-3-12(9-7-8(9)2)6-4-5-10(15-12)11(13)14/h8-10H,3-7H2,1-2H3,(H,13,14). The van der Waals surface area contributed by atoms with E-state index < -0.39 is 12.1 Å². The Bertz CT molecular complexity index is 264. The van der Waals surface area contributed by atoms with E-state index in [0.717, 1.165) is 25.2 Å². The van der Waals surface area contributed by atoms with Crippen LogP contribution in [-0.2, 0) is 9.53 Å². The first-order valence-corrected chi connectivity index (χ1v) is 5.99. The molecule has 0 aromatic rings. The predicted octanol–water partition coefficient (Wildman–Crippen LogP) is 2.44. The van der Waals surface area contributed by atoms with E-state index >= 15 is 0 Å². The normalized spacial score (nSPS) is 45.1. The monoisotopic (exact) mass is 212 g/mol. The van der Waals surface area contributed by atoms with E-state index in [1.807, 2.05) is 0 Å². The zero-order valence-electron chi connectivity index (χ0n) is 9.53. The molecule has 1 aliphatic carbocycles. The lowest BCUT2D eigenvalue weighted by atomic mass is 9.84. The van der Waals surface area contributed by atoms with Gasteiger partial charge >= 0.3 is 5.97 Å². The van der Waals surface area contributed by atoms with Crippen molar-refractivity contribution in [1.82, 2.24) is 0 Å². The first-order chi connectivity index (χ1) is 7.09. The Kier molecular flexibility index (Phi) is 2.75. The second-order valence-electron chi connectivity index (χ2n) is 5.07. The van der Waals surface area contributed by atoms with Crippen LogP contribution in [0.1, 0.15) is 46.0 Å². The quantitative estimate of drug-likeness (QED) is 0.781. The molecule has 2 rings (SSSR count). The first-order valence-electron chi connectivity index (χ1n) is 5.99. The highest BCUT2D eigenvalue weighted by Crippen LogP contribution is 2.53. The summed E-state index contributed by atoms with van der Waals surface area (Å²) >= 11 is 0. The van der Waals surface area contributed by atoms with Gasteiger partial charge in [-0.3, -0.25) is 0 Å². The Hall–Kier alpha value is -0.570. The molecule has 1 aliphatic heterocycles. The van der Waals surface area contributed by atoms with Crippen molar-refractivity contribution in [3.8, 4) is 0 Å². The summed E-state index contributed by atoms with van der Waals surface area (Å²) in [5, 5.41) is 9.01. The maximum atomic E-state index is 11.0. The van der Waals surface area contributed by atoms with Crippen LogP contribution in [0.25, 0.3) is 0 Å². The van der Waals surface area contributed by atoms with E-state index in [0.29, 0.717) is 12.3 Å². The van der Waals surface area contributed by atoms with Crippen LogP contribution in [0, 0.1) is 11.8 Å². The van der Waals surface area contributed by atoms with Crippen molar-refractivity contribution in [3.63, 3.8) is 0 Å². The molecule has 1 heterocycles. The lowest BCUT2D eigenvalue weighted by Gasteiger charge is -2.40. The first kappa shape index (κ1) is 10.9. The van der Waals surface area contributed by atoms with E-state index in [9.17, 15) is 4.79 Å². The number of carboxylic acid groups (broad SMARTS) is 1. The van der Waals surface area contributed by atoms with Crippen molar-refractivity contribution in [2.75, 3.05) is 0 Å². The van der Waals surface area contributed by atoms with Gasteiger partial charge in [0.2, 0.25) is 0 Å². The SMILES string of the molecule is CCC1(C2CC2C)CCCC(C(=O)O)O1. The van der Waals surface area contributed by atoms with Crippen LogP contribution in [0.2, 0.25) is 0 Å². The van der Waals surface area contributed by atoms with Gasteiger partial charge in [0.1, 0.15) is 0 Å². The zero-order chi connectivity index (χ0) is 11.1. The topological polar surface area (TPSA) is 46.5 Å². The van der Waals surface area contributed by atoms with Crippen molar-refractivity contribution < 1.29 is 14.6 Å². The number of carboxylic acids is 1. The third-order valence-electron chi connectivity index (χ3n) is 4.10. The van der Waals surface area contributed by atoms with Gasteiger partial charge in [0.15, 0.2) is 6.10 Å². The maximum absolute atomic E-state index is 11.0. The molecule has 4 atom stereocenters. The molecule has 0 bridgehead atoms. The van der Waals surface area contributed by atoms with Crippen LogP contribution in [0.5, 0.6) is 0 Å². The Balaban J connectivity index is 2.08. The molecule has 4 unspecified atom stereocenters. The molecule has 2 aliphatic rings. The molecule has 3 heteroatoms. The highest BCUT2D eigenvalue weighted by molar-refractivity contribution is 5.72. The summed E-state index contributed by atoms with van der Waals surface area (Å²) in [4.78, 5) is 11.0. The third-order valence-corrected chi connectivity index (χ3v) is 4.10. The van der Waals surface area contributed by atoms with Crippen molar-refractivity contribution >= 4 is 5.97 Å². The lowest BCUT2D eigenvalue weighted by Crippen LogP contribution is -2.45. The van der Waals surface area contributed by atoms with E-state index in [4.69, 9.17) is 9.84 Å². The zero-order valence-corrected chi connectivity index (χ0v) is 9.53. The minimum atomic E-state index is -0.791. The van der Waals surface area contributed by atoms with Gasteiger partial charge in [-0.1, -0.05) is 13.8 Å². The number of carbonyl (C=O) groups is 1. The molecule has 0 aromatic carbocycles. The summed E-state index contributed by atoms with van der Waals surface area (Å²) < 4.78 is 5.88. The van der Waals surface area contributed by atoms with Crippen LogP contribution in [0.15, 0.2) is 0 Å². The fourth-order valence-electron chi connectivity index (χ4n) is 3.01. The second kappa shape index (κ2) is 3.78. The Morgan fingerprint density at radius 3 is 2.73 bits per heavy atom. The molecule has 2 fully saturated rings. The summed E-state index contributed by atoms with van der Waals surface area (Å²) in [5.41, 5.74) is -0.124. The van der Waals surface area contributed by atoms with Crippen LogP contribution in [0.4, 0.5) is 0 Å². The molecule has 86 valence electrons. The molecule has 0 spiro atoms. The smallest absolute Gasteiger partial charge is 0.332 e. The average molecular weight is 212 g/mol. The van der Waals surface area contributed by atoms with Crippen LogP contribution in [-0.4, -0.2) is 22.8 Å². The van der Waals surface area contributed by atoms with Crippen LogP contribution >= 0.6 is 0 Å². The minimum absolute atomic E-state index is 0.124. The highest BCUT2D eigenvalue weighted by atomic mass is 16.5. The highest BCUT2D eigenvalue weighted by Gasteiger charge is 2.53. The van der Waals surface area contributed by atoms with Gasteiger partial charge in [-0.05, 0) is 43.9 Å². The van der Waals surface area contributed by atoms with Gasteiger partial charge in [0.25, 0.3) is 0 Å². The van der Waals surface area contributed by atoms with Gasteiger partial charge in [-0.25, -0.2) is 4.79 Å². The van der Waals surface area contributed by atoms with Crippen molar-refractivity contribution in [2.24, 2.45) is 11.8 Å². The second-order valence-corrected chi connectivity index (χ2v) is 5.07. The van der Waals surface area contributed by atoms with Crippen molar-refractivity contribution in [3.05, 3.63) is 0 Å². The molecular formula is C12H20O3. The van der Waals surface area contributed by atoms with E-state index in [2.05, 4.69) is 13.8 Å². The summed E-state index contributed by atoms with van der Waals surface area (Å²) in [6.45, 7) is 4.35. The fourth-order valence-corrected chi connectivity index (χ4v) is 3.01. The average Bonchev–Trinajstić information content (AvgIpc) is 2.96. The summed E-state index contributed by atoms with van der Waals surface area (Å²) in [6.07, 6.45) is 4.31. The number of hydrogen-bond donors (Lipinski definition) is 1. The van der Waals surface area contributed by atoms with Crippen molar-refractivity contribution in [1.29, 1.82) is 0 Å². The minimum Gasteiger partial charge on any atom is -0.479 e. The van der Waals surface area contributed by atoms with Crippen molar-refractivity contribution in [2.45, 2.75) is 57.7 Å². The molecule has 0 amide bonds. The predicted molar refractivity (Wildman–Crippen MR) is 56.7 cm³/mol. The maximum Gasteiger partial charge on any atom is 0.332 e. The summed E-state index contributed by atoms with van der Waals surface area (Å²) in [5.74, 6) is 0.531. The van der Waals surface area contributed by atoms with Gasteiger partial charge in [-0.15, -0.1) is 0 Å². The molecule has 0 aromatic heterocycles. The Labute approximate surface area is 90.8 Å². The van der Waals surface area contributed by atoms with E-state index in [1.165, 1.54) is 6.42 Å². The number of hydrogen-bond acceptors (Lipinski definition) is 2. The molecule has 1 saturated carbocycles. The summed E-state index contributed by atoms with van der Waals surface area (Å²) in [7, 11) is 0. The van der Waals surface area contributed by atoms with Crippen LogP contribution in [0.3, 0.4) is 0 Å². The Morgan fingerprint density at radius 2 is 2.27 bits per heavy atom. The van der Waals surface area contributed by atoms with E-state index in [-0.39, 0.29) is 5.60 Å². The molecule has 1 saturated heterocycles. The van der Waals surface area contributed by atoms with Crippen LogP contribution < -0.4 is 0 Å². The van der Waals surface area contributed by atoms with Gasteiger partial charge < -0.3 is 9.84 Å². The fraction of sp³-hybridized carbons (Fsp3) is 0.917. The molecule has 0 radical (unpaired) electrons. The Morgan fingerprint density at radius 1 is 1.60 bits per heavy atom.